The summed E-state index contributed by atoms with van der Waals surface area (Å²) in [4.78, 5) is 11.7. The number of hydrogen-bond donors (Lipinski definition) is 3. The van der Waals surface area contributed by atoms with Crippen molar-refractivity contribution in [3.63, 3.8) is 0 Å². The van der Waals surface area contributed by atoms with Gasteiger partial charge in [0.1, 0.15) is 0 Å². The van der Waals surface area contributed by atoms with E-state index in [0.29, 0.717) is 30.1 Å². The Morgan fingerprint density at radius 1 is 1.33 bits per heavy atom. The number of nitrogens with two attached hydrogens (primary N) is 1. The summed E-state index contributed by atoms with van der Waals surface area (Å²) in [5.74, 6) is -0.0413. The molecule has 0 spiro atoms. The molecule has 6 nitrogen and oxygen atoms in total. The summed E-state index contributed by atoms with van der Waals surface area (Å²) in [7, 11) is -3.75. The van der Waals surface area contributed by atoms with Crippen molar-refractivity contribution in [2.24, 2.45) is 5.92 Å². The molecule has 0 fully saturated rings. The van der Waals surface area contributed by atoms with Crippen LogP contribution in [0.4, 0.5) is 5.69 Å². The standard InChI is InChI=1S/C14H23N3O3S/c1-4-11-5-6-12(15)7-13(11)21(19,20)17-9-14(18)16-8-10(2)3/h5-7,10,17H,4,8-9,15H2,1-3H3,(H,16,18). The summed E-state index contributed by atoms with van der Waals surface area (Å²) in [6, 6.07) is 4.75. The number of benzene rings is 1. The fraction of sp³-hybridized carbons (Fsp3) is 0.500. The molecule has 0 aliphatic rings. The van der Waals surface area contributed by atoms with Crippen molar-refractivity contribution < 1.29 is 13.2 Å². The molecule has 0 aromatic heterocycles. The molecular formula is C14H23N3O3S. The van der Waals surface area contributed by atoms with Crippen molar-refractivity contribution in [2.45, 2.75) is 32.1 Å². The summed E-state index contributed by atoms with van der Waals surface area (Å²) >= 11 is 0. The predicted molar refractivity (Wildman–Crippen MR) is 83.3 cm³/mol. The van der Waals surface area contributed by atoms with Gasteiger partial charge in [-0.3, -0.25) is 4.79 Å². The van der Waals surface area contributed by atoms with E-state index in [1.54, 1.807) is 12.1 Å². The van der Waals surface area contributed by atoms with Gasteiger partial charge >= 0.3 is 0 Å². The Bertz CT molecular complexity index is 597. The maximum atomic E-state index is 12.3. The summed E-state index contributed by atoms with van der Waals surface area (Å²) in [5, 5.41) is 2.66. The van der Waals surface area contributed by atoms with Crippen LogP contribution < -0.4 is 15.8 Å². The number of nitrogens with one attached hydrogen (secondary N) is 2. The molecule has 0 radical (unpaired) electrons. The molecule has 1 rings (SSSR count). The quantitative estimate of drug-likeness (QED) is 0.650. The van der Waals surface area contributed by atoms with Crippen LogP contribution in [0.2, 0.25) is 0 Å². The molecule has 1 aromatic carbocycles. The third kappa shape index (κ3) is 5.35. The topological polar surface area (TPSA) is 101 Å². The largest absolute Gasteiger partial charge is 0.399 e. The molecule has 118 valence electrons. The number of carbonyl (C=O) groups is 1. The van der Waals surface area contributed by atoms with Gasteiger partial charge in [0.25, 0.3) is 0 Å². The molecular weight excluding hydrogens is 290 g/mol. The first-order chi connectivity index (χ1) is 9.76. The van der Waals surface area contributed by atoms with Crippen LogP contribution in [0.15, 0.2) is 23.1 Å². The van der Waals surface area contributed by atoms with E-state index >= 15 is 0 Å². The lowest BCUT2D eigenvalue weighted by molar-refractivity contribution is -0.120. The first-order valence-corrected chi connectivity index (χ1v) is 8.39. The lowest BCUT2D eigenvalue weighted by Gasteiger charge is -2.12. The van der Waals surface area contributed by atoms with Crippen molar-refractivity contribution in [3.8, 4) is 0 Å². The third-order valence-corrected chi connectivity index (χ3v) is 4.38. The van der Waals surface area contributed by atoms with Gasteiger partial charge in [0.05, 0.1) is 11.4 Å². The van der Waals surface area contributed by atoms with E-state index in [0.717, 1.165) is 0 Å². The Balaban J connectivity index is 2.78. The van der Waals surface area contributed by atoms with Crippen molar-refractivity contribution >= 4 is 21.6 Å². The Morgan fingerprint density at radius 2 is 2.00 bits per heavy atom. The smallest absolute Gasteiger partial charge is 0.241 e. The first kappa shape index (κ1) is 17.5. The Labute approximate surface area is 126 Å². The molecule has 0 bridgehead atoms. The minimum Gasteiger partial charge on any atom is -0.399 e. The number of carbonyl (C=O) groups excluding carboxylic acids is 1. The molecule has 1 aromatic rings. The first-order valence-electron chi connectivity index (χ1n) is 6.91. The zero-order valence-electron chi connectivity index (χ0n) is 12.6. The minimum atomic E-state index is -3.75. The molecule has 0 aliphatic carbocycles. The highest BCUT2D eigenvalue weighted by Gasteiger charge is 2.19. The molecule has 0 saturated carbocycles. The molecule has 1 amide bonds. The number of nitrogen functional groups attached to an aromatic ring is 1. The lowest BCUT2D eigenvalue weighted by Crippen LogP contribution is -2.38. The fourth-order valence-corrected chi connectivity index (χ4v) is 3.06. The van der Waals surface area contributed by atoms with E-state index in [1.165, 1.54) is 6.07 Å². The van der Waals surface area contributed by atoms with Crippen LogP contribution in [-0.2, 0) is 21.2 Å². The van der Waals surface area contributed by atoms with Crippen LogP contribution in [0.3, 0.4) is 0 Å². The third-order valence-electron chi connectivity index (χ3n) is 2.89. The van der Waals surface area contributed by atoms with Crippen molar-refractivity contribution in [2.75, 3.05) is 18.8 Å². The second-order valence-electron chi connectivity index (χ2n) is 5.24. The van der Waals surface area contributed by atoms with Gasteiger partial charge in [0.15, 0.2) is 0 Å². The molecule has 21 heavy (non-hydrogen) atoms. The Morgan fingerprint density at radius 3 is 2.57 bits per heavy atom. The van der Waals surface area contributed by atoms with E-state index in [4.69, 9.17) is 5.73 Å². The Kier molecular flexibility index (Phi) is 6.17. The van der Waals surface area contributed by atoms with Crippen molar-refractivity contribution in [3.05, 3.63) is 23.8 Å². The molecule has 0 saturated heterocycles. The molecule has 0 aliphatic heterocycles. The van der Waals surface area contributed by atoms with Crippen LogP contribution >= 0.6 is 0 Å². The highest BCUT2D eigenvalue weighted by atomic mass is 32.2. The molecule has 0 unspecified atom stereocenters. The second-order valence-corrected chi connectivity index (χ2v) is 6.98. The summed E-state index contributed by atoms with van der Waals surface area (Å²) in [6.07, 6.45) is 0.566. The normalized spacial score (nSPS) is 11.6. The zero-order valence-corrected chi connectivity index (χ0v) is 13.5. The van der Waals surface area contributed by atoms with E-state index in [-0.39, 0.29) is 17.3 Å². The van der Waals surface area contributed by atoms with E-state index < -0.39 is 10.0 Å². The van der Waals surface area contributed by atoms with Gasteiger partial charge in [-0.15, -0.1) is 0 Å². The SMILES string of the molecule is CCc1ccc(N)cc1S(=O)(=O)NCC(=O)NCC(C)C. The number of amides is 1. The van der Waals surface area contributed by atoms with E-state index in [1.807, 2.05) is 20.8 Å². The monoisotopic (exact) mass is 313 g/mol. The van der Waals surface area contributed by atoms with Crippen LogP contribution in [0.1, 0.15) is 26.3 Å². The van der Waals surface area contributed by atoms with Crippen LogP contribution in [-0.4, -0.2) is 27.4 Å². The minimum absolute atomic E-state index is 0.127. The number of aryl methyl sites for hydroxylation is 1. The number of sulfonamides is 1. The zero-order chi connectivity index (χ0) is 16.0. The van der Waals surface area contributed by atoms with Crippen LogP contribution in [0.5, 0.6) is 0 Å². The maximum Gasteiger partial charge on any atom is 0.241 e. The van der Waals surface area contributed by atoms with Gasteiger partial charge < -0.3 is 11.1 Å². The summed E-state index contributed by atoms with van der Waals surface area (Å²) in [5.41, 5.74) is 6.68. The fourth-order valence-electron chi connectivity index (χ4n) is 1.73. The van der Waals surface area contributed by atoms with Crippen LogP contribution in [0, 0.1) is 5.92 Å². The lowest BCUT2D eigenvalue weighted by atomic mass is 10.1. The molecule has 7 heteroatoms. The summed E-state index contributed by atoms with van der Waals surface area (Å²) < 4.78 is 26.8. The van der Waals surface area contributed by atoms with E-state index in [2.05, 4.69) is 10.0 Å². The molecule has 0 atom stereocenters. The number of hydrogen-bond acceptors (Lipinski definition) is 4. The van der Waals surface area contributed by atoms with Crippen LogP contribution in [0.25, 0.3) is 0 Å². The summed E-state index contributed by atoms with van der Waals surface area (Å²) in [6.45, 7) is 6.02. The maximum absolute atomic E-state index is 12.3. The highest BCUT2D eigenvalue weighted by Crippen LogP contribution is 2.19. The Hall–Kier alpha value is -1.60. The molecule has 4 N–H and O–H groups in total. The van der Waals surface area contributed by atoms with Gasteiger partial charge in [-0.05, 0) is 30.0 Å². The highest BCUT2D eigenvalue weighted by molar-refractivity contribution is 7.89. The average molecular weight is 313 g/mol. The van der Waals surface area contributed by atoms with Gasteiger partial charge in [-0.2, -0.15) is 0 Å². The number of rotatable bonds is 7. The van der Waals surface area contributed by atoms with Gasteiger partial charge in [-0.1, -0.05) is 26.8 Å². The van der Waals surface area contributed by atoms with E-state index in [9.17, 15) is 13.2 Å². The van der Waals surface area contributed by atoms with Gasteiger partial charge in [0, 0.05) is 12.2 Å². The predicted octanol–water partition coefficient (Wildman–Crippen LogP) is 0.882. The van der Waals surface area contributed by atoms with Crippen molar-refractivity contribution in [1.82, 2.24) is 10.0 Å². The number of anilines is 1. The molecule has 0 heterocycles. The second kappa shape index (κ2) is 7.42. The van der Waals surface area contributed by atoms with Gasteiger partial charge in [-0.25, -0.2) is 13.1 Å². The van der Waals surface area contributed by atoms with Crippen molar-refractivity contribution in [1.29, 1.82) is 0 Å². The average Bonchev–Trinajstić information content (AvgIpc) is 2.43. The van der Waals surface area contributed by atoms with Gasteiger partial charge in [0.2, 0.25) is 15.9 Å².